The Kier molecular flexibility index (Phi) is 7.14. The van der Waals surface area contributed by atoms with Crippen molar-refractivity contribution < 1.29 is 9.47 Å². The molecule has 0 aromatic heterocycles. The van der Waals surface area contributed by atoms with E-state index in [1.807, 2.05) is 0 Å². The van der Waals surface area contributed by atoms with Gasteiger partial charge in [-0.15, -0.1) is 0 Å². The molecule has 4 heteroatoms. The van der Waals surface area contributed by atoms with Gasteiger partial charge in [-0.1, -0.05) is 18.6 Å². The fourth-order valence-electron chi connectivity index (χ4n) is 4.05. The number of methoxy groups -OCH3 is 1. The van der Waals surface area contributed by atoms with E-state index in [9.17, 15) is 0 Å². The van der Waals surface area contributed by atoms with E-state index in [0.29, 0.717) is 6.04 Å². The molecule has 3 rings (SSSR count). The maximum Gasteiger partial charge on any atom is 0.123 e. The van der Waals surface area contributed by atoms with Crippen LogP contribution in [-0.4, -0.2) is 62.3 Å². The topological polar surface area (TPSA) is 24.9 Å². The number of rotatable bonds is 7. The van der Waals surface area contributed by atoms with Crippen LogP contribution in [0.4, 0.5) is 0 Å². The van der Waals surface area contributed by atoms with Gasteiger partial charge < -0.3 is 9.47 Å². The SMILES string of the molecule is COc1ccc(CCCN2CCOCC2)cc1CN1CCCCC1C. The van der Waals surface area contributed by atoms with Crippen molar-refractivity contribution in [1.29, 1.82) is 0 Å². The standard InChI is InChI=1S/C21H34N2O2/c1-18-6-3-4-11-23(18)17-20-16-19(8-9-21(20)24-2)7-5-10-22-12-14-25-15-13-22/h8-9,16,18H,3-7,10-15,17H2,1-2H3. The van der Waals surface area contributed by atoms with Gasteiger partial charge in [0.15, 0.2) is 0 Å². The maximum absolute atomic E-state index is 5.63. The average molecular weight is 347 g/mol. The van der Waals surface area contributed by atoms with E-state index in [1.54, 1.807) is 7.11 Å². The van der Waals surface area contributed by atoms with Crippen molar-refractivity contribution in [3.8, 4) is 5.75 Å². The van der Waals surface area contributed by atoms with Crippen LogP contribution in [0.5, 0.6) is 5.75 Å². The zero-order chi connectivity index (χ0) is 17.5. The van der Waals surface area contributed by atoms with Crippen molar-refractivity contribution in [2.45, 2.75) is 51.6 Å². The summed E-state index contributed by atoms with van der Waals surface area (Å²) in [4.78, 5) is 5.13. The lowest BCUT2D eigenvalue weighted by Crippen LogP contribution is -2.37. The van der Waals surface area contributed by atoms with Crippen LogP contribution in [0.3, 0.4) is 0 Å². The van der Waals surface area contributed by atoms with E-state index in [0.717, 1.165) is 45.0 Å². The summed E-state index contributed by atoms with van der Waals surface area (Å²) in [6, 6.07) is 7.46. The number of ether oxygens (including phenoxy) is 2. The van der Waals surface area contributed by atoms with Crippen LogP contribution in [0.1, 0.15) is 43.7 Å². The number of aryl methyl sites for hydroxylation is 1. The van der Waals surface area contributed by atoms with Crippen LogP contribution in [-0.2, 0) is 17.7 Å². The van der Waals surface area contributed by atoms with Crippen LogP contribution < -0.4 is 4.74 Å². The third-order valence-electron chi connectivity index (χ3n) is 5.70. The summed E-state index contributed by atoms with van der Waals surface area (Å²) in [5, 5.41) is 0. The fraction of sp³-hybridized carbons (Fsp3) is 0.714. The highest BCUT2D eigenvalue weighted by Crippen LogP contribution is 2.26. The molecule has 0 spiro atoms. The Hall–Kier alpha value is -1.10. The van der Waals surface area contributed by atoms with E-state index in [-0.39, 0.29) is 0 Å². The number of likely N-dealkylation sites (tertiary alicyclic amines) is 1. The molecule has 0 radical (unpaired) electrons. The normalized spacial score (nSPS) is 22.9. The van der Waals surface area contributed by atoms with Gasteiger partial charge in [-0.25, -0.2) is 0 Å². The number of piperidine rings is 1. The summed E-state index contributed by atoms with van der Waals surface area (Å²) in [7, 11) is 1.79. The van der Waals surface area contributed by atoms with Gasteiger partial charge in [-0.05, 0) is 57.3 Å². The van der Waals surface area contributed by atoms with Gasteiger partial charge in [0, 0.05) is 31.2 Å². The third-order valence-corrected chi connectivity index (χ3v) is 5.70. The first-order chi connectivity index (χ1) is 12.3. The Morgan fingerprint density at radius 3 is 2.76 bits per heavy atom. The Balaban J connectivity index is 1.56. The van der Waals surface area contributed by atoms with Crippen molar-refractivity contribution in [1.82, 2.24) is 9.80 Å². The maximum atomic E-state index is 5.63. The highest BCUT2D eigenvalue weighted by atomic mass is 16.5. The quantitative estimate of drug-likeness (QED) is 0.756. The molecule has 0 aliphatic carbocycles. The van der Waals surface area contributed by atoms with Gasteiger partial charge in [-0.2, -0.15) is 0 Å². The van der Waals surface area contributed by atoms with Gasteiger partial charge >= 0.3 is 0 Å². The van der Waals surface area contributed by atoms with Crippen molar-refractivity contribution >= 4 is 0 Å². The Bertz CT molecular complexity index is 529. The van der Waals surface area contributed by atoms with Gasteiger partial charge in [-0.3, -0.25) is 9.80 Å². The summed E-state index contributed by atoms with van der Waals surface area (Å²) >= 11 is 0. The van der Waals surface area contributed by atoms with E-state index in [2.05, 4.69) is 34.9 Å². The van der Waals surface area contributed by atoms with Crippen LogP contribution in [0.25, 0.3) is 0 Å². The second-order valence-electron chi connectivity index (χ2n) is 7.52. The molecular formula is C21H34N2O2. The molecule has 0 bridgehead atoms. The number of hydrogen-bond donors (Lipinski definition) is 0. The second kappa shape index (κ2) is 9.56. The van der Waals surface area contributed by atoms with Gasteiger partial charge in [0.05, 0.1) is 20.3 Å². The van der Waals surface area contributed by atoms with Crippen molar-refractivity contribution in [3.63, 3.8) is 0 Å². The van der Waals surface area contributed by atoms with Gasteiger partial charge in [0.2, 0.25) is 0 Å². The zero-order valence-corrected chi connectivity index (χ0v) is 16.0. The predicted molar refractivity (Wildman–Crippen MR) is 102 cm³/mol. The predicted octanol–water partition coefficient (Wildman–Crippen LogP) is 3.33. The molecule has 25 heavy (non-hydrogen) atoms. The summed E-state index contributed by atoms with van der Waals surface area (Å²) < 4.78 is 11.1. The number of morpholine rings is 1. The van der Waals surface area contributed by atoms with Crippen molar-refractivity contribution in [2.24, 2.45) is 0 Å². The Morgan fingerprint density at radius 1 is 1.16 bits per heavy atom. The second-order valence-corrected chi connectivity index (χ2v) is 7.52. The minimum absolute atomic E-state index is 0.684. The Morgan fingerprint density at radius 2 is 2.00 bits per heavy atom. The first-order valence-corrected chi connectivity index (χ1v) is 9.96. The highest BCUT2D eigenvalue weighted by Gasteiger charge is 2.19. The monoisotopic (exact) mass is 346 g/mol. The fourth-order valence-corrected chi connectivity index (χ4v) is 4.05. The van der Waals surface area contributed by atoms with Crippen molar-refractivity contribution in [2.75, 3.05) is 46.5 Å². The molecule has 140 valence electrons. The van der Waals surface area contributed by atoms with E-state index >= 15 is 0 Å². The lowest BCUT2D eigenvalue weighted by Gasteiger charge is -2.33. The lowest BCUT2D eigenvalue weighted by molar-refractivity contribution is 0.0374. The first-order valence-electron chi connectivity index (χ1n) is 9.96. The largest absolute Gasteiger partial charge is 0.496 e. The Labute approximate surface area is 153 Å². The van der Waals surface area contributed by atoms with Crippen molar-refractivity contribution in [3.05, 3.63) is 29.3 Å². The minimum atomic E-state index is 0.684. The summed E-state index contributed by atoms with van der Waals surface area (Å²) in [6.07, 6.45) is 6.37. The number of hydrogen-bond acceptors (Lipinski definition) is 4. The minimum Gasteiger partial charge on any atom is -0.496 e. The van der Waals surface area contributed by atoms with Crippen LogP contribution in [0.15, 0.2) is 18.2 Å². The molecule has 0 saturated carbocycles. The lowest BCUT2D eigenvalue weighted by atomic mass is 10.0. The third kappa shape index (κ3) is 5.44. The zero-order valence-electron chi connectivity index (χ0n) is 16.0. The molecule has 1 aromatic carbocycles. The summed E-state index contributed by atoms with van der Waals surface area (Å²) in [5.74, 6) is 1.04. The van der Waals surface area contributed by atoms with Crippen LogP contribution in [0, 0.1) is 0 Å². The number of nitrogens with zero attached hydrogens (tertiary/aromatic N) is 2. The molecule has 0 amide bonds. The average Bonchev–Trinajstić information content (AvgIpc) is 2.65. The molecule has 2 saturated heterocycles. The molecule has 2 heterocycles. The van der Waals surface area contributed by atoms with Gasteiger partial charge in [0.1, 0.15) is 5.75 Å². The molecule has 1 atom stereocenters. The molecule has 2 aliphatic rings. The van der Waals surface area contributed by atoms with E-state index in [4.69, 9.17) is 9.47 Å². The molecular weight excluding hydrogens is 312 g/mol. The molecule has 4 nitrogen and oxygen atoms in total. The smallest absolute Gasteiger partial charge is 0.123 e. The van der Waals surface area contributed by atoms with Crippen LogP contribution >= 0.6 is 0 Å². The van der Waals surface area contributed by atoms with Gasteiger partial charge in [0.25, 0.3) is 0 Å². The molecule has 2 fully saturated rings. The van der Waals surface area contributed by atoms with E-state index in [1.165, 1.54) is 49.9 Å². The number of benzene rings is 1. The molecule has 1 unspecified atom stereocenters. The highest BCUT2D eigenvalue weighted by molar-refractivity contribution is 5.37. The first kappa shape index (κ1) is 18.7. The molecule has 0 N–H and O–H groups in total. The molecule has 1 aromatic rings. The molecule has 2 aliphatic heterocycles. The van der Waals surface area contributed by atoms with Crippen LogP contribution in [0.2, 0.25) is 0 Å². The summed E-state index contributed by atoms with van der Waals surface area (Å²) in [5.41, 5.74) is 2.79. The van der Waals surface area contributed by atoms with E-state index < -0.39 is 0 Å². The summed E-state index contributed by atoms with van der Waals surface area (Å²) in [6.45, 7) is 9.71.